The summed E-state index contributed by atoms with van der Waals surface area (Å²) in [4.78, 5) is 44.5. The molecule has 3 saturated heterocycles. The number of halogens is 2. The molecule has 3 aliphatic heterocycles. The van der Waals surface area contributed by atoms with Crippen LogP contribution < -0.4 is 15.0 Å². The lowest BCUT2D eigenvalue weighted by Crippen LogP contribution is -2.55. The highest BCUT2D eigenvalue weighted by atomic mass is 35.5. The molecule has 6 rings (SSSR count). The molecule has 2 bridgehead atoms. The molecule has 2 aromatic carbocycles. The van der Waals surface area contributed by atoms with Crippen LogP contribution in [0.15, 0.2) is 42.5 Å². The van der Waals surface area contributed by atoms with Gasteiger partial charge in [0.15, 0.2) is 0 Å². The second-order valence-electron chi connectivity index (χ2n) is 10.5. The monoisotopic (exact) mass is 538 g/mol. The fourth-order valence-electron chi connectivity index (χ4n) is 5.92. The van der Waals surface area contributed by atoms with Crippen LogP contribution in [0.5, 0.6) is 5.75 Å². The molecule has 38 heavy (non-hydrogen) atoms. The second-order valence-corrected chi connectivity index (χ2v) is 10.9. The maximum absolute atomic E-state index is 13.4. The van der Waals surface area contributed by atoms with Gasteiger partial charge >= 0.3 is 6.03 Å². The van der Waals surface area contributed by atoms with E-state index in [1.807, 2.05) is 4.90 Å². The molecule has 2 unspecified atom stereocenters. The molecule has 0 radical (unpaired) electrons. The van der Waals surface area contributed by atoms with Crippen molar-refractivity contribution < 1.29 is 23.5 Å². The molecule has 4 aliphatic rings. The molecule has 1 spiro atoms. The van der Waals surface area contributed by atoms with E-state index in [1.54, 1.807) is 24.3 Å². The van der Waals surface area contributed by atoms with Gasteiger partial charge in [0.2, 0.25) is 5.91 Å². The Hall–Kier alpha value is -3.43. The van der Waals surface area contributed by atoms with Gasteiger partial charge in [-0.2, -0.15) is 0 Å². The Morgan fingerprint density at radius 3 is 2.45 bits per heavy atom. The van der Waals surface area contributed by atoms with Crippen molar-refractivity contribution in [1.29, 1.82) is 0 Å². The highest BCUT2D eigenvalue weighted by Gasteiger charge is 2.60. The van der Waals surface area contributed by atoms with Crippen molar-refractivity contribution in [2.45, 2.75) is 49.9 Å². The van der Waals surface area contributed by atoms with Crippen LogP contribution in [0.3, 0.4) is 0 Å². The van der Waals surface area contributed by atoms with Crippen LogP contribution in [0, 0.1) is 5.82 Å². The second kappa shape index (κ2) is 9.39. The normalized spacial score (nSPS) is 24.0. The van der Waals surface area contributed by atoms with Crippen molar-refractivity contribution in [3.8, 4) is 5.75 Å². The molecule has 10 heteroatoms. The minimum Gasteiger partial charge on any atom is -0.495 e. The van der Waals surface area contributed by atoms with Crippen molar-refractivity contribution >= 4 is 41.2 Å². The molecule has 1 aliphatic carbocycles. The van der Waals surface area contributed by atoms with E-state index in [0.29, 0.717) is 36.4 Å². The number of ether oxygens (including phenoxy) is 1. The minimum absolute atomic E-state index is 0.0891. The first-order valence-corrected chi connectivity index (χ1v) is 13.2. The fourth-order valence-corrected chi connectivity index (χ4v) is 6.15. The number of hydrogen-bond acceptors (Lipinski definition) is 5. The summed E-state index contributed by atoms with van der Waals surface area (Å²) >= 11 is 6.36. The molecule has 0 aromatic heterocycles. The zero-order valence-electron chi connectivity index (χ0n) is 21.0. The molecule has 4 fully saturated rings. The van der Waals surface area contributed by atoms with Gasteiger partial charge in [-0.25, -0.2) is 14.1 Å². The van der Waals surface area contributed by atoms with E-state index in [4.69, 9.17) is 16.3 Å². The first-order chi connectivity index (χ1) is 18.3. The number of urea groups is 1. The van der Waals surface area contributed by atoms with Gasteiger partial charge in [-0.3, -0.25) is 14.5 Å². The summed E-state index contributed by atoms with van der Waals surface area (Å²) in [7, 11) is 1.48. The van der Waals surface area contributed by atoms with E-state index >= 15 is 0 Å². The van der Waals surface area contributed by atoms with Crippen molar-refractivity contribution in [2.75, 3.05) is 25.1 Å². The number of fused-ring (bicyclic) bond motifs is 2. The van der Waals surface area contributed by atoms with Crippen LogP contribution >= 0.6 is 11.6 Å². The molecular formula is C28H28ClFN4O4. The number of hydrogen-bond donors (Lipinski definition) is 1. The van der Waals surface area contributed by atoms with Crippen LogP contribution in [0.2, 0.25) is 5.02 Å². The van der Waals surface area contributed by atoms with E-state index in [-0.39, 0.29) is 34.7 Å². The molecule has 2 atom stereocenters. The summed E-state index contributed by atoms with van der Waals surface area (Å²) in [6.45, 7) is 2.21. The van der Waals surface area contributed by atoms with Gasteiger partial charge < -0.3 is 15.0 Å². The van der Waals surface area contributed by atoms with Gasteiger partial charge in [-0.1, -0.05) is 23.7 Å². The summed E-state index contributed by atoms with van der Waals surface area (Å²) in [5.74, 6) is -0.292. The fraction of sp³-hybridized carbons (Fsp3) is 0.393. The van der Waals surface area contributed by atoms with Gasteiger partial charge in [-0.15, -0.1) is 0 Å². The van der Waals surface area contributed by atoms with Crippen molar-refractivity contribution in [2.24, 2.45) is 0 Å². The van der Waals surface area contributed by atoms with E-state index in [2.05, 4.69) is 10.2 Å². The minimum atomic E-state index is -0.812. The summed E-state index contributed by atoms with van der Waals surface area (Å²) < 4.78 is 18.6. The highest BCUT2D eigenvalue weighted by Crippen LogP contribution is 2.44. The highest BCUT2D eigenvalue weighted by molar-refractivity contribution is 6.33. The number of imide groups is 1. The predicted molar refractivity (Wildman–Crippen MR) is 140 cm³/mol. The molecule has 1 N–H and O–H groups in total. The average Bonchev–Trinajstić information content (AvgIpc) is 3.56. The van der Waals surface area contributed by atoms with E-state index in [1.165, 1.54) is 31.4 Å². The molecule has 1 saturated carbocycles. The molecular weight excluding hydrogens is 511 g/mol. The van der Waals surface area contributed by atoms with Gasteiger partial charge in [0.05, 0.1) is 17.8 Å². The first-order valence-electron chi connectivity index (χ1n) is 12.8. The first kappa shape index (κ1) is 24.9. The number of carbonyl (C=O) groups is 3. The maximum Gasteiger partial charge on any atom is 0.329 e. The summed E-state index contributed by atoms with van der Waals surface area (Å²) in [5, 5.41) is 3.04. The zero-order chi connectivity index (χ0) is 26.6. The zero-order valence-corrected chi connectivity index (χ0v) is 21.7. The Labute approximate surface area is 225 Å². The molecule has 3 heterocycles. The lowest BCUT2D eigenvalue weighted by molar-refractivity contribution is -0.131. The Bertz CT molecular complexity index is 1330. The largest absolute Gasteiger partial charge is 0.495 e. The number of amides is 4. The van der Waals surface area contributed by atoms with E-state index in [9.17, 15) is 18.8 Å². The summed E-state index contributed by atoms with van der Waals surface area (Å²) in [6, 6.07) is 9.38. The van der Waals surface area contributed by atoms with Crippen LogP contribution in [-0.2, 0) is 16.1 Å². The SMILES string of the molecule is COc1cc(C=CC(=O)N2C3CCC2CN(Cc2ccc(F)cc2)C3)c(N2C(=O)NC3(CC3)C2=O)cc1Cl. The molecule has 198 valence electrons. The third kappa shape index (κ3) is 4.33. The molecule has 4 amide bonds. The molecule has 2 aromatic rings. The van der Waals surface area contributed by atoms with Crippen LogP contribution in [0.1, 0.15) is 36.8 Å². The van der Waals surface area contributed by atoms with E-state index in [0.717, 1.165) is 36.4 Å². The van der Waals surface area contributed by atoms with Crippen LogP contribution in [-0.4, -0.2) is 65.5 Å². The number of benzene rings is 2. The number of likely N-dealkylation sites (tertiary alicyclic amines) is 1. The summed E-state index contributed by atoms with van der Waals surface area (Å²) in [6.07, 6.45) is 6.19. The van der Waals surface area contributed by atoms with Gasteiger partial charge in [0, 0.05) is 43.4 Å². The van der Waals surface area contributed by atoms with Crippen LogP contribution in [0.4, 0.5) is 14.9 Å². The Kier molecular flexibility index (Phi) is 6.15. The third-order valence-corrected chi connectivity index (χ3v) is 8.29. The summed E-state index contributed by atoms with van der Waals surface area (Å²) in [5.41, 5.74) is 1.04. The van der Waals surface area contributed by atoms with Gasteiger partial charge in [0.25, 0.3) is 5.91 Å². The number of piperazine rings is 1. The third-order valence-electron chi connectivity index (χ3n) is 7.99. The lowest BCUT2D eigenvalue weighted by Gasteiger charge is -2.40. The topological polar surface area (TPSA) is 82.2 Å². The number of methoxy groups -OCH3 is 1. The lowest BCUT2D eigenvalue weighted by atomic mass is 10.1. The Morgan fingerprint density at radius 2 is 1.84 bits per heavy atom. The van der Waals surface area contributed by atoms with Crippen molar-refractivity contribution in [3.05, 3.63) is 64.4 Å². The number of carbonyl (C=O) groups excluding carboxylic acids is 3. The van der Waals surface area contributed by atoms with Gasteiger partial charge in [0.1, 0.15) is 17.1 Å². The van der Waals surface area contributed by atoms with Crippen molar-refractivity contribution in [1.82, 2.24) is 15.1 Å². The van der Waals surface area contributed by atoms with Crippen LogP contribution in [0.25, 0.3) is 6.08 Å². The number of anilines is 1. The number of rotatable bonds is 6. The number of nitrogens with one attached hydrogen (secondary N) is 1. The van der Waals surface area contributed by atoms with Gasteiger partial charge in [-0.05, 0) is 61.6 Å². The van der Waals surface area contributed by atoms with E-state index < -0.39 is 11.6 Å². The number of nitrogens with zero attached hydrogens (tertiary/aromatic N) is 3. The maximum atomic E-state index is 13.4. The smallest absolute Gasteiger partial charge is 0.329 e. The predicted octanol–water partition coefficient (Wildman–Crippen LogP) is 3.97. The average molecular weight is 539 g/mol. The Balaban J connectivity index is 1.21. The molecule has 8 nitrogen and oxygen atoms in total. The Morgan fingerprint density at radius 1 is 1.16 bits per heavy atom. The standard InChI is InChI=1S/C28H28ClFN4O4/c1-38-24-12-18(23(13-22(24)29)34-26(36)28(10-11-28)31-27(34)37)4-9-25(35)33-20-7-8-21(33)16-32(15-20)14-17-2-5-19(30)6-3-17/h2-6,9,12-13,20-21H,7-8,10-11,14-16H2,1H3,(H,31,37). The quantitative estimate of drug-likeness (QED) is 0.445. The van der Waals surface area contributed by atoms with Crippen molar-refractivity contribution in [3.63, 3.8) is 0 Å².